The van der Waals surface area contributed by atoms with Gasteiger partial charge in [-0.1, -0.05) is 0 Å². The quantitative estimate of drug-likeness (QED) is 0.799. The van der Waals surface area contributed by atoms with Crippen molar-refractivity contribution in [3.05, 3.63) is 0 Å². The standard InChI is InChI=1S/C12H23NO5S/c1-5-19(15,16)18-10-7-6-9(8-10)13-11(14)17-12(2,3)4/h9-10H,5-8H2,1-4H3,(H,13,14). The fraction of sp³-hybridized carbons (Fsp3) is 0.917. The van der Waals surface area contributed by atoms with Crippen LogP contribution >= 0.6 is 0 Å². The number of carbonyl (C=O) groups excluding carboxylic acids is 1. The van der Waals surface area contributed by atoms with Gasteiger partial charge in [0, 0.05) is 6.04 Å². The fourth-order valence-electron chi connectivity index (χ4n) is 1.91. The van der Waals surface area contributed by atoms with Gasteiger partial charge in [0.25, 0.3) is 10.1 Å². The molecular weight excluding hydrogens is 270 g/mol. The second kappa shape index (κ2) is 6.09. The highest BCUT2D eigenvalue weighted by Gasteiger charge is 2.30. The van der Waals surface area contributed by atoms with Gasteiger partial charge >= 0.3 is 6.09 Å². The monoisotopic (exact) mass is 293 g/mol. The normalized spacial score (nSPS) is 24.2. The van der Waals surface area contributed by atoms with Gasteiger partial charge in [-0.25, -0.2) is 4.79 Å². The summed E-state index contributed by atoms with van der Waals surface area (Å²) in [6.45, 7) is 6.92. The molecular formula is C12H23NO5S. The molecule has 6 nitrogen and oxygen atoms in total. The van der Waals surface area contributed by atoms with Crippen LogP contribution in [-0.4, -0.2) is 38.0 Å². The van der Waals surface area contributed by atoms with Crippen LogP contribution in [0.5, 0.6) is 0 Å². The SMILES string of the molecule is CCS(=O)(=O)OC1CCC(NC(=O)OC(C)(C)C)C1. The summed E-state index contributed by atoms with van der Waals surface area (Å²) < 4.78 is 32.9. The van der Waals surface area contributed by atoms with Gasteiger partial charge in [0.15, 0.2) is 0 Å². The van der Waals surface area contributed by atoms with Gasteiger partial charge in [0.05, 0.1) is 11.9 Å². The molecule has 0 aliphatic heterocycles. The minimum Gasteiger partial charge on any atom is -0.444 e. The Hall–Kier alpha value is -0.820. The first-order valence-electron chi connectivity index (χ1n) is 6.52. The largest absolute Gasteiger partial charge is 0.444 e. The van der Waals surface area contributed by atoms with Gasteiger partial charge in [-0.15, -0.1) is 0 Å². The maximum Gasteiger partial charge on any atom is 0.407 e. The van der Waals surface area contributed by atoms with Crippen molar-refractivity contribution >= 4 is 16.2 Å². The molecule has 0 spiro atoms. The zero-order valence-corrected chi connectivity index (χ0v) is 12.7. The fourth-order valence-corrected chi connectivity index (χ4v) is 2.63. The Morgan fingerprint density at radius 3 is 2.47 bits per heavy atom. The van der Waals surface area contributed by atoms with E-state index in [1.54, 1.807) is 27.7 Å². The molecule has 0 bridgehead atoms. The van der Waals surface area contributed by atoms with E-state index < -0.39 is 21.8 Å². The van der Waals surface area contributed by atoms with Gasteiger partial charge in [-0.05, 0) is 47.0 Å². The number of alkyl carbamates (subject to hydrolysis) is 1. The molecule has 1 saturated carbocycles. The van der Waals surface area contributed by atoms with Crippen LogP contribution < -0.4 is 5.32 Å². The third kappa shape index (κ3) is 6.24. The highest BCUT2D eigenvalue weighted by molar-refractivity contribution is 7.86. The summed E-state index contributed by atoms with van der Waals surface area (Å²) in [5, 5.41) is 2.73. The summed E-state index contributed by atoms with van der Waals surface area (Å²) in [4.78, 5) is 11.6. The molecule has 112 valence electrons. The minimum absolute atomic E-state index is 0.0341. The number of amides is 1. The van der Waals surface area contributed by atoms with Crippen molar-refractivity contribution in [2.75, 3.05) is 5.75 Å². The third-order valence-electron chi connectivity index (χ3n) is 2.74. The number of hydrogen-bond donors (Lipinski definition) is 1. The Morgan fingerprint density at radius 1 is 1.32 bits per heavy atom. The van der Waals surface area contributed by atoms with Crippen molar-refractivity contribution in [1.29, 1.82) is 0 Å². The number of hydrogen-bond acceptors (Lipinski definition) is 5. The van der Waals surface area contributed by atoms with Gasteiger partial charge in [0.1, 0.15) is 5.60 Å². The van der Waals surface area contributed by atoms with Gasteiger partial charge in [0.2, 0.25) is 0 Å². The molecule has 2 atom stereocenters. The first kappa shape index (κ1) is 16.2. The molecule has 1 fully saturated rings. The zero-order chi connectivity index (χ0) is 14.7. The number of carbonyl (C=O) groups is 1. The summed E-state index contributed by atoms with van der Waals surface area (Å²) in [5.74, 6) is -0.0341. The molecule has 1 aliphatic rings. The van der Waals surface area contributed by atoms with Gasteiger partial charge < -0.3 is 10.1 Å². The number of ether oxygens (including phenoxy) is 1. The summed E-state index contributed by atoms with van der Waals surface area (Å²) in [6, 6.07) is -0.0908. The van der Waals surface area contributed by atoms with Crippen molar-refractivity contribution in [2.45, 2.75) is 64.7 Å². The molecule has 7 heteroatoms. The summed E-state index contributed by atoms with van der Waals surface area (Å²) in [5.41, 5.74) is -0.538. The lowest BCUT2D eigenvalue weighted by molar-refractivity contribution is 0.0503. The summed E-state index contributed by atoms with van der Waals surface area (Å²) >= 11 is 0. The van der Waals surface area contributed by atoms with E-state index in [0.717, 1.165) is 0 Å². The molecule has 1 N–H and O–H groups in total. The van der Waals surface area contributed by atoms with Crippen LogP contribution in [0.2, 0.25) is 0 Å². The van der Waals surface area contributed by atoms with Crippen LogP contribution in [0.15, 0.2) is 0 Å². The summed E-state index contributed by atoms with van der Waals surface area (Å²) in [6.07, 6.45) is 1.00. The Bertz CT molecular complexity index is 412. The van der Waals surface area contributed by atoms with E-state index >= 15 is 0 Å². The second-order valence-electron chi connectivity index (χ2n) is 5.72. The van der Waals surface area contributed by atoms with Crippen molar-refractivity contribution in [3.8, 4) is 0 Å². The maximum absolute atomic E-state index is 11.6. The van der Waals surface area contributed by atoms with E-state index in [-0.39, 0.29) is 17.9 Å². The molecule has 0 radical (unpaired) electrons. The van der Waals surface area contributed by atoms with E-state index in [1.807, 2.05) is 0 Å². The van der Waals surface area contributed by atoms with E-state index in [1.165, 1.54) is 0 Å². The maximum atomic E-state index is 11.6. The summed E-state index contributed by atoms with van der Waals surface area (Å²) in [7, 11) is -3.43. The molecule has 0 heterocycles. The molecule has 0 aromatic rings. The first-order chi connectivity index (χ1) is 8.61. The first-order valence-corrected chi connectivity index (χ1v) is 8.09. The lowest BCUT2D eigenvalue weighted by Gasteiger charge is -2.21. The third-order valence-corrected chi connectivity index (χ3v) is 4.01. The molecule has 0 aromatic heterocycles. The molecule has 2 unspecified atom stereocenters. The topological polar surface area (TPSA) is 81.7 Å². The molecule has 1 rings (SSSR count). The van der Waals surface area contributed by atoms with Crippen LogP contribution in [-0.2, 0) is 19.0 Å². The lowest BCUT2D eigenvalue weighted by Crippen LogP contribution is -2.38. The van der Waals surface area contributed by atoms with E-state index in [2.05, 4.69) is 5.32 Å². The van der Waals surface area contributed by atoms with Crippen molar-refractivity contribution < 1.29 is 22.1 Å². The Labute approximate surface area is 115 Å². The van der Waals surface area contributed by atoms with Crippen LogP contribution in [0.3, 0.4) is 0 Å². The Kier molecular flexibility index (Phi) is 5.20. The highest BCUT2D eigenvalue weighted by Crippen LogP contribution is 2.24. The van der Waals surface area contributed by atoms with Crippen molar-refractivity contribution in [2.24, 2.45) is 0 Å². The Balaban J connectivity index is 2.39. The van der Waals surface area contributed by atoms with Crippen LogP contribution in [0, 0.1) is 0 Å². The predicted molar refractivity (Wildman–Crippen MR) is 71.3 cm³/mol. The van der Waals surface area contributed by atoms with Gasteiger partial charge in [-0.3, -0.25) is 4.18 Å². The van der Waals surface area contributed by atoms with E-state index in [9.17, 15) is 13.2 Å². The lowest BCUT2D eigenvalue weighted by atomic mass is 10.2. The van der Waals surface area contributed by atoms with Crippen LogP contribution in [0.4, 0.5) is 4.79 Å². The molecule has 19 heavy (non-hydrogen) atoms. The van der Waals surface area contributed by atoms with Gasteiger partial charge in [-0.2, -0.15) is 8.42 Å². The Morgan fingerprint density at radius 2 is 1.95 bits per heavy atom. The average molecular weight is 293 g/mol. The molecule has 1 aliphatic carbocycles. The molecule has 1 amide bonds. The number of rotatable bonds is 4. The van der Waals surface area contributed by atoms with Crippen molar-refractivity contribution in [3.63, 3.8) is 0 Å². The minimum atomic E-state index is -3.43. The van der Waals surface area contributed by atoms with E-state index in [4.69, 9.17) is 8.92 Å². The molecule has 0 saturated heterocycles. The zero-order valence-electron chi connectivity index (χ0n) is 11.9. The van der Waals surface area contributed by atoms with E-state index in [0.29, 0.717) is 19.3 Å². The predicted octanol–water partition coefficient (Wildman–Crippen LogP) is 1.80. The van der Waals surface area contributed by atoms with Crippen LogP contribution in [0.25, 0.3) is 0 Å². The second-order valence-corrected chi connectivity index (χ2v) is 7.61. The average Bonchev–Trinajstić information content (AvgIpc) is 2.61. The smallest absolute Gasteiger partial charge is 0.407 e. The van der Waals surface area contributed by atoms with Crippen molar-refractivity contribution in [1.82, 2.24) is 5.32 Å². The molecule has 0 aromatic carbocycles. The highest BCUT2D eigenvalue weighted by atomic mass is 32.2. The van der Waals surface area contributed by atoms with Crippen LogP contribution in [0.1, 0.15) is 47.0 Å². The number of nitrogens with one attached hydrogen (secondary N) is 1.